The second kappa shape index (κ2) is 12.4. The molecule has 2 aromatic carbocycles. The standard InChI is InChI=1S/C23H22ClN5O4.ClH/c24-18-6-17(7-19(9-18)32-12-14-2-1-5-28-10-14)23(31)29-11-16-4-3-15(22(26)27)8-20(16)33-13-21(25)30;/h1-10H,11-13H2,(H2,25,30)(H3,26,27)(H,29,31);1H. The molecule has 0 unspecified atom stereocenters. The number of rotatable bonds is 10. The molecule has 9 nitrogen and oxygen atoms in total. The highest BCUT2D eigenvalue weighted by Crippen LogP contribution is 2.23. The minimum Gasteiger partial charge on any atom is -0.489 e. The number of nitrogen functional groups attached to an aromatic ring is 1. The Labute approximate surface area is 207 Å². The number of carbonyl (C=O) groups excluding carboxylic acids is 2. The molecule has 0 saturated heterocycles. The van der Waals surface area contributed by atoms with Crippen LogP contribution in [0, 0.1) is 5.41 Å². The number of ether oxygens (including phenoxy) is 2. The molecule has 178 valence electrons. The molecule has 1 aromatic heterocycles. The lowest BCUT2D eigenvalue weighted by Gasteiger charge is -2.14. The number of hydrogen-bond donors (Lipinski definition) is 4. The minimum atomic E-state index is -0.657. The van der Waals surface area contributed by atoms with Gasteiger partial charge in [0.25, 0.3) is 11.8 Å². The third-order valence-electron chi connectivity index (χ3n) is 4.45. The van der Waals surface area contributed by atoms with Gasteiger partial charge in [0.1, 0.15) is 23.9 Å². The monoisotopic (exact) mass is 503 g/mol. The molecule has 0 radical (unpaired) electrons. The van der Waals surface area contributed by atoms with Gasteiger partial charge in [-0.15, -0.1) is 12.4 Å². The van der Waals surface area contributed by atoms with Crippen LogP contribution in [0.5, 0.6) is 11.5 Å². The van der Waals surface area contributed by atoms with Crippen molar-refractivity contribution in [2.24, 2.45) is 11.5 Å². The number of nitrogens with one attached hydrogen (secondary N) is 2. The van der Waals surface area contributed by atoms with Crippen LogP contribution in [0.2, 0.25) is 5.02 Å². The molecule has 0 bridgehead atoms. The summed E-state index contributed by atoms with van der Waals surface area (Å²) in [5, 5.41) is 10.7. The highest BCUT2D eigenvalue weighted by atomic mass is 35.5. The molecule has 0 aliphatic carbocycles. The highest BCUT2D eigenvalue weighted by Gasteiger charge is 2.13. The number of pyridine rings is 1. The molecule has 0 aliphatic rings. The second-order valence-electron chi connectivity index (χ2n) is 7.00. The fraction of sp³-hybridized carbons (Fsp3) is 0.130. The molecule has 0 aliphatic heterocycles. The zero-order valence-electron chi connectivity index (χ0n) is 17.9. The molecule has 0 atom stereocenters. The number of hydrogen-bond acceptors (Lipinski definition) is 6. The van der Waals surface area contributed by atoms with Gasteiger partial charge in [0, 0.05) is 46.2 Å². The van der Waals surface area contributed by atoms with E-state index in [-0.39, 0.29) is 49.7 Å². The number of aromatic nitrogens is 1. The molecule has 34 heavy (non-hydrogen) atoms. The molecule has 1 heterocycles. The Balaban J connectivity index is 0.00000408. The van der Waals surface area contributed by atoms with Crippen molar-refractivity contribution >= 4 is 41.7 Å². The Kier molecular flexibility index (Phi) is 9.66. The molecule has 0 fully saturated rings. The number of benzene rings is 2. The van der Waals surface area contributed by atoms with Crippen LogP contribution < -0.4 is 26.3 Å². The maximum atomic E-state index is 12.7. The van der Waals surface area contributed by atoms with Crippen molar-refractivity contribution in [1.82, 2.24) is 10.3 Å². The van der Waals surface area contributed by atoms with E-state index in [0.717, 1.165) is 5.56 Å². The van der Waals surface area contributed by atoms with Crippen molar-refractivity contribution in [3.05, 3.63) is 88.2 Å². The summed E-state index contributed by atoms with van der Waals surface area (Å²) < 4.78 is 11.2. The van der Waals surface area contributed by atoms with E-state index in [2.05, 4.69) is 10.3 Å². The fourth-order valence-corrected chi connectivity index (χ4v) is 3.08. The van der Waals surface area contributed by atoms with E-state index in [4.69, 9.17) is 38.0 Å². The lowest BCUT2D eigenvalue weighted by atomic mass is 10.1. The fourth-order valence-electron chi connectivity index (χ4n) is 2.86. The normalized spacial score (nSPS) is 10.0. The maximum absolute atomic E-state index is 12.7. The maximum Gasteiger partial charge on any atom is 0.255 e. The largest absolute Gasteiger partial charge is 0.489 e. The van der Waals surface area contributed by atoms with Gasteiger partial charge in [-0.3, -0.25) is 20.0 Å². The average Bonchev–Trinajstić information content (AvgIpc) is 2.80. The highest BCUT2D eigenvalue weighted by molar-refractivity contribution is 6.31. The summed E-state index contributed by atoms with van der Waals surface area (Å²) in [4.78, 5) is 27.9. The van der Waals surface area contributed by atoms with Crippen molar-refractivity contribution in [3.63, 3.8) is 0 Å². The van der Waals surface area contributed by atoms with Crippen LogP contribution in [0.1, 0.15) is 27.0 Å². The summed E-state index contributed by atoms with van der Waals surface area (Å²) in [5.41, 5.74) is 12.8. The van der Waals surface area contributed by atoms with E-state index in [0.29, 0.717) is 27.5 Å². The van der Waals surface area contributed by atoms with Gasteiger partial charge >= 0.3 is 0 Å². The number of amidine groups is 1. The zero-order chi connectivity index (χ0) is 23.8. The van der Waals surface area contributed by atoms with E-state index in [1.807, 2.05) is 6.07 Å². The Morgan fingerprint density at radius 2 is 1.85 bits per heavy atom. The third-order valence-corrected chi connectivity index (χ3v) is 4.67. The number of primary amides is 1. The van der Waals surface area contributed by atoms with Gasteiger partial charge in [0.15, 0.2) is 6.61 Å². The topological polar surface area (TPSA) is 153 Å². The molecule has 3 rings (SSSR count). The number of nitrogens with two attached hydrogens (primary N) is 2. The summed E-state index contributed by atoms with van der Waals surface area (Å²) >= 11 is 6.17. The van der Waals surface area contributed by atoms with E-state index in [9.17, 15) is 9.59 Å². The van der Waals surface area contributed by atoms with Crippen LogP contribution in [0.3, 0.4) is 0 Å². The summed E-state index contributed by atoms with van der Waals surface area (Å²) in [6.45, 7) is 0.00995. The van der Waals surface area contributed by atoms with E-state index >= 15 is 0 Å². The van der Waals surface area contributed by atoms with E-state index < -0.39 is 5.91 Å². The number of carbonyl (C=O) groups is 2. The van der Waals surface area contributed by atoms with E-state index in [1.54, 1.807) is 42.7 Å². The van der Waals surface area contributed by atoms with E-state index in [1.165, 1.54) is 12.1 Å². The molecule has 6 N–H and O–H groups in total. The minimum absolute atomic E-state index is 0. The Morgan fingerprint density at radius 1 is 1.06 bits per heavy atom. The molecule has 3 aromatic rings. The van der Waals surface area contributed by atoms with Gasteiger partial charge in [-0.1, -0.05) is 29.8 Å². The van der Waals surface area contributed by atoms with Crippen LogP contribution in [0.4, 0.5) is 0 Å². The lowest BCUT2D eigenvalue weighted by molar-refractivity contribution is -0.119. The van der Waals surface area contributed by atoms with Gasteiger partial charge in [-0.25, -0.2) is 0 Å². The summed E-state index contributed by atoms with van der Waals surface area (Å²) in [5.74, 6) is -0.482. The Morgan fingerprint density at radius 3 is 2.53 bits per heavy atom. The predicted molar refractivity (Wildman–Crippen MR) is 131 cm³/mol. The van der Waals surface area contributed by atoms with Gasteiger partial charge in [-0.2, -0.15) is 0 Å². The number of amides is 2. The predicted octanol–water partition coefficient (Wildman–Crippen LogP) is 2.81. The van der Waals surface area contributed by atoms with Gasteiger partial charge in [0.2, 0.25) is 0 Å². The van der Waals surface area contributed by atoms with Crippen LogP contribution in [-0.2, 0) is 17.9 Å². The third kappa shape index (κ3) is 7.65. The average molecular weight is 504 g/mol. The molecule has 0 spiro atoms. The second-order valence-corrected chi connectivity index (χ2v) is 7.44. The Bertz CT molecular complexity index is 1180. The summed E-state index contributed by atoms with van der Waals surface area (Å²) in [6.07, 6.45) is 3.36. The van der Waals surface area contributed by atoms with Crippen LogP contribution in [0.25, 0.3) is 0 Å². The molecule has 0 saturated carbocycles. The first kappa shape index (κ1) is 26.4. The molecule has 2 amide bonds. The zero-order valence-corrected chi connectivity index (χ0v) is 19.5. The summed E-state index contributed by atoms with van der Waals surface area (Å²) in [7, 11) is 0. The van der Waals surface area contributed by atoms with Crippen molar-refractivity contribution in [2.45, 2.75) is 13.2 Å². The lowest BCUT2D eigenvalue weighted by Crippen LogP contribution is -2.24. The van der Waals surface area contributed by atoms with Crippen LogP contribution in [-0.4, -0.2) is 29.2 Å². The van der Waals surface area contributed by atoms with Crippen LogP contribution >= 0.6 is 24.0 Å². The van der Waals surface area contributed by atoms with Crippen molar-refractivity contribution in [2.75, 3.05) is 6.61 Å². The summed E-state index contributed by atoms with van der Waals surface area (Å²) in [6, 6.07) is 13.2. The van der Waals surface area contributed by atoms with Crippen molar-refractivity contribution < 1.29 is 19.1 Å². The first-order chi connectivity index (χ1) is 15.8. The smallest absolute Gasteiger partial charge is 0.255 e. The van der Waals surface area contributed by atoms with Crippen molar-refractivity contribution in [1.29, 1.82) is 5.41 Å². The van der Waals surface area contributed by atoms with Gasteiger partial charge in [-0.05, 0) is 30.3 Å². The molecular formula is C23H23Cl2N5O4. The Hall–Kier alpha value is -3.82. The van der Waals surface area contributed by atoms with Gasteiger partial charge < -0.3 is 26.3 Å². The van der Waals surface area contributed by atoms with Crippen molar-refractivity contribution in [3.8, 4) is 11.5 Å². The SMILES string of the molecule is Cl.N=C(N)c1ccc(CNC(=O)c2cc(Cl)cc(OCc3cccnc3)c2)c(OCC(N)=O)c1. The molecular weight excluding hydrogens is 481 g/mol. The first-order valence-corrected chi connectivity index (χ1v) is 10.2. The molecule has 11 heteroatoms. The van der Waals surface area contributed by atoms with Crippen LogP contribution in [0.15, 0.2) is 60.9 Å². The number of halogens is 2. The number of nitrogens with zero attached hydrogens (tertiary/aromatic N) is 1. The van der Waals surface area contributed by atoms with Gasteiger partial charge in [0.05, 0.1) is 0 Å². The quantitative estimate of drug-likeness (QED) is 0.246. The first-order valence-electron chi connectivity index (χ1n) is 9.80.